The van der Waals surface area contributed by atoms with Crippen molar-refractivity contribution in [3.05, 3.63) is 24.2 Å². The van der Waals surface area contributed by atoms with Gasteiger partial charge in [0.05, 0.1) is 12.5 Å². The number of carbonyl (C=O) groups is 2. The summed E-state index contributed by atoms with van der Waals surface area (Å²) in [6.45, 7) is 3.97. The largest absolute Gasteiger partial charge is 0.480 e. The molecular weight excluding hydrogens is 236 g/mol. The quantitative estimate of drug-likeness (QED) is 0.718. The number of hydrogen-bond acceptors (Lipinski definition) is 3. The van der Waals surface area contributed by atoms with Crippen molar-refractivity contribution in [2.75, 3.05) is 0 Å². The third-order valence-electron chi connectivity index (χ3n) is 2.80. The van der Waals surface area contributed by atoms with Crippen LogP contribution in [0.5, 0.6) is 0 Å². The minimum atomic E-state index is -1.03. The molecule has 0 radical (unpaired) electrons. The summed E-state index contributed by atoms with van der Waals surface area (Å²) in [5, 5.41) is 14.0. The van der Waals surface area contributed by atoms with Crippen LogP contribution in [0.15, 0.2) is 23.0 Å². The fraction of sp³-hybridized carbons (Fsp3) is 0.500. The molecule has 1 heterocycles. The molecule has 0 saturated heterocycles. The Labute approximate surface area is 105 Å². The number of carboxylic acids is 1. The molecule has 100 valence electrons. The summed E-state index contributed by atoms with van der Waals surface area (Å²) in [5.74, 6) is -1.15. The Balaban J connectivity index is 2.44. The van der Waals surface area contributed by atoms with E-state index in [2.05, 4.69) is 10.6 Å². The van der Waals surface area contributed by atoms with Crippen molar-refractivity contribution in [2.24, 2.45) is 5.92 Å². The van der Waals surface area contributed by atoms with E-state index in [1.807, 2.05) is 6.92 Å². The first kappa shape index (κ1) is 14.1. The van der Waals surface area contributed by atoms with Gasteiger partial charge in [0.25, 0.3) is 0 Å². The molecule has 1 aromatic heterocycles. The van der Waals surface area contributed by atoms with Gasteiger partial charge in [-0.25, -0.2) is 9.59 Å². The standard InChI is InChI=1S/C12H18N2O4/c1-3-8(2)10(11(15)16)14-12(17)13-6-9-4-5-18-7-9/h4-5,7-8,10H,3,6H2,1-2H3,(H,15,16)(H2,13,14,17)/t8-,10-/m0/s1. The highest BCUT2D eigenvalue weighted by Gasteiger charge is 2.24. The summed E-state index contributed by atoms with van der Waals surface area (Å²) < 4.78 is 4.86. The van der Waals surface area contributed by atoms with E-state index in [1.165, 1.54) is 12.5 Å². The maximum absolute atomic E-state index is 11.6. The lowest BCUT2D eigenvalue weighted by Gasteiger charge is -2.20. The first-order chi connectivity index (χ1) is 8.54. The molecule has 6 nitrogen and oxygen atoms in total. The second-order valence-electron chi connectivity index (χ2n) is 4.16. The van der Waals surface area contributed by atoms with Gasteiger partial charge in [0.15, 0.2) is 0 Å². The number of carbonyl (C=O) groups excluding carboxylic acids is 1. The Hall–Kier alpha value is -1.98. The van der Waals surface area contributed by atoms with Crippen LogP contribution in [0.1, 0.15) is 25.8 Å². The Bertz CT molecular complexity index is 389. The molecule has 2 amide bonds. The summed E-state index contributed by atoms with van der Waals surface area (Å²) >= 11 is 0. The molecule has 0 bridgehead atoms. The van der Waals surface area contributed by atoms with E-state index >= 15 is 0 Å². The Morgan fingerprint density at radius 1 is 1.50 bits per heavy atom. The smallest absolute Gasteiger partial charge is 0.326 e. The summed E-state index contributed by atoms with van der Waals surface area (Å²) in [4.78, 5) is 22.6. The molecule has 0 saturated carbocycles. The van der Waals surface area contributed by atoms with Crippen LogP contribution in [0.25, 0.3) is 0 Å². The van der Waals surface area contributed by atoms with Gasteiger partial charge >= 0.3 is 12.0 Å². The molecule has 3 N–H and O–H groups in total. The van der Waals surface area contributed by atoms with Crippen LogP contribution >= 0.6 is 0 Å². The Kier molecular flexibility index (Phi) is 5.23. The lowest BCUT2D eigenvalue weighted by Crippen LogP contribution is -2.48. The normalized spacial score (nSPS) is 13.7. The van der Waals surface area contributed by atoms with E-state index in [-0.39, 0.29) is 5.92 Å². The molecule has 18 heavy (non-hydrogen) atoms. The second kappa shape index (κ2) is 6.68. The first-order valence-electron chi connectivity index (χ1n) is 5.82. The van der Waals surface area contributed by atoms with Gasteiger partial charge in [-0.05, 0) is 12.0 Å². The molecule has 0 spiro atoms. The van der Waals surface area contributed by atoms with Crippen LogP contribution < -0.4 is 10.6 Å². The Morgan fingerprint density at radius 2 is 2.22 bits per heavy atom. The molecule has 0 unspecified atom stereocenters. The fourth-order valence-corrected chi connectivity index (χ4v) is 1.45. The lowest BCUT2D eigenvalue weighted by atomic mass is 9.99. The fourth-order valence-electron chi connectivity index (χ4n) is 1.45. The van der Waals surface area contributed by atoms with Crippen molar-refractivity contribution >= 4 is 12.0 Å². The number of amides is 2. The number of furan rings is 1. The highest BCUT2D eigenvalue weighted by molar-refractivity contribution is 5.82. The van der Waals surface area contributed by atoms with Crippen molar-refractivity contribution in [1.29, 1.82) is 0 Å². The summed E-state index contributed by atoms with van der Waals surface area (Å²) in [5.41, 5.74) is 0.820. The van der Waals surface area contributed by atoms with Gasteiger partial charge in [0.2, 0.25) is 0 Å². The van der Waals surface area contributed by atoms with Gasteiger partial charge in [-0.1, -0.05) is 20.3 Å². The van der Waals surface area contributed by atoms with Crippen LogP contribution in [-0.2, 0) is 11.3 Å². The molecule has 1 aromatic rings. The van der Waals surface area contributed by atoms with E-state index in [9.17, 15) is 9.59 Å². The second-order valence-corrected chi connectivity index (χ2v) is 4.16. The summed E-state index contributed by atoms with van der Waals surface area (Å²) in [7, 11) is 0. The minimum absolute atomic E-state index is 0.123. The average Bonchev–Trinajstić information content (AvgIpc) is 2.85. The molecule has 0 aliphatic heterocycles. The highest BCUT2D eigenvalue weighted by Crippen LogP contribution is 2.07. The van der Waals surface area contributed by atoms with E-state index in [0.29, 0.717) is 13.0 Å². The molecule has 2 atom stereocenters. The van der Waals surface area contributed by atoms with Crippen LogP contribution in [0.2, 0.25) is 0 Å². The third kappa shape index (κ3) is 4.12. The summed E-state index contributed by atoms with van der Waals surface area (Å²) in [6.07, 6.45) is 3.71. The number of rotatable bonds is 6. The number of carboxylic acid groups (broad SMARTS) is 1. The molecule has 1 rings (SSSR count). The predicted molar refractivity (Wildman–Crippen MR) is 65.0 cm³/mol. The molecule has 0 aliphatic carbocycles. The maximum Gasteiger partial charge on any atom is 0.326 e. The number of hydrogen-bond donors (Lipinski definition) is 3. The zero-order chi connectivity index (χ0) is 13.5. The third-order valence-corrected chi connectivity index (χ3v) is 2.80. The molecular formula is C12H18N2O4. The van der Waals surface area contributed by atoms with Gasteiger partial charge in [0.1, 0.15) is 6.04 Å². The predicted octanol–water partition coefficient (Wildman–Crippen LogP) is 1.58. The van der Waals surface area contributed by atoms with Crippen LogP contribution in [-0.4, -0.2) is 23.1 Å². The molecule has 0 aliphatic rings. The SMILES string of the molecule is CC[C@H](C)[C@H](NC(=O)NCc1ccoc1)C(=O)O. The van der Waals surface area contributed by atoms with E-state index < -0.39 is 18.0 Å². The van der Waals surface area contributed by atoms with Gasteiger partial charge < -0.3 is 20.2 Å². The van der Waals surface area contributed by atoms with E-state index in [1.54, 1.807) is 13.0 Å². The van der Waals surface area contributed by atoms with Crippen molar-refractivity contribution in [2.45, 2.75) is 32.9 Å². The number of urea groups is 1. The summed E-state index contributed by atoms with van der Waals surface area (Å²) in [6, 6.07) is 0.354. The van der Waals surface area contributed by atoms with Crippen molar-refractivity contribution in [3.63, 3.8) is 0 Å². The van der Waals surface area contributed by atoms with Crippen LogP contribution in [0, 0.1) is 5.92 Å². The van der Waals surface area contributed by atoms with E-state index in [0.717, 1.165) is 5.56 Å². The van der Waals surface area contributed by atoms with E-state index in [4.69, 9.17) is 9.52 Å². The van der Waals surface area contributed by atoms with Gasteiger partial charge in [0, 0.05) is 12.1 Å². The minimum Gasteiger partial charge on any atom is -0.480 e. The topological polar surface area (TPSA) is 91.6 Å². The van der Waals surface area contributed by atoms with Gasteiger partial charge in [-0.2, -0.15) is 0 Å². The molecule has 0 aromatic carbocycles. The maximum atomic E-state index is 11.6. The molecule has 6 heteroatoms. The highest BCUT2D eigenvalue weighted by atomic mass is 16.4. The Morgan fingerprint density at radius 3 is 2.72 bits per heavy atom. The van der Waals surface area contributed by atoms with Gasteiger partial charge in [-0.15, -0.1) is 0 Å². The number of aliphatic carboxylic acids is 1. The lowest BCUT2D eigenvalue weighted by molar-refractivity contribution is -0.140. The molecule has 0 fully saturated rings. The van der Waals surface area contributed by atoms with Crippen LogP contribution in [0.3, 0.4) is 0 Å². The van der Waals surface area contributed by atoms with Gasteiger partial charge in [-0.3, -0.25) is 0 Å². The first-order valence-corrected chi connectivity index (χ1v) is 5.82. The zero-order valence-electron chi connectivity index (χ0n) is 10.5. The van der Waals surface area contributed by atoms with Crippen molar-refractivity contribution < 1.29 is 19.1 Å². The van der Waals surface area contributed by atoms with Crippen molar-refractivity contribution in [1.82, 2.24) is 10.6 Å². The van der Waals surface area contributed by atoms with Crippen molar-refractivity contribution in [3.8, 4) is 0 Å². The zero-order valence-corrected chi connectivity index (χ0v) is 10.5. The number of nitrogens with one attached hydrogen (secondary N) is 2. The average molecular weight is 254 g/mol. The van der Waals surface area contributed by atoms with Crippen LogP contribution in [0.4, 0.5) is 4.79 Å². The monoisotopic (exact) mass is 254 g/mol.